The zero-order valence-electron chi connectivity index (χ0n) is 8.00. The molecule has 1 unspecified atom stereocenters. The number of aliphatic hydroxyl groups excluding tert-OH is 3. The number of nitrogens with zero attached hydrogens (tertiary/aromatic N) is 1. The zero-order chi connectivity index (χ0) is 10.7. The molecule has 0 amide bonds. The Kier molecular flexibility index (Phi) is 4.18. The van der Waals surface area contributed by atoms with E-state index < -0.39 is 12.2 Å². The van der Waals surface area contributed by atoms with Gasteiger partial charge in [0, 0.05) is 17.8 Å². The van der Waals surface area contributed by atoms with Crippen molar-refractivity contribution in [3.63, 3.8) is 0 Å². The smallest absolute Gasteiger partial charge is 0.154 e. The summed E-state index contributed by atoms with van der Waals surface area (Å²) in [5.74, 6) is -0.384. The van der Waals surface area contributed by atoms with Gasteiger partial charge in [-0.3, -0.25) is 4.99 Å². The minimum absolute atomic E-state index is 0.0374. The summed E-state index contributed by atoms with van der Waals surface area (Å²) < 4.78 is 0. The van der Waals surface area contributed by atoms with Crippen molar-refractivity contribution in [1.29, 1.82) is 0 Å². The largest absolute Gasteiger partial charge is 0.396 e. The molecule has 0 fully saturated rings. The summed E-state index contributed by atoms with van der Waals surface area (Å²) in [5, 5.41) is 28.4. The van der Waals surface area contributed by atoms with E-state index in [9.17, 15) is 10.2 Å². The molecule has 0 aromatic carbocycles. The first-order chi connectivity index (χ1) is 6.56. The van der Waals surface area contributed by atoms with Crippen molar-refractivity contribution in [2.45, 2.75) is 24.4 Å². The third kappa shape index (κ3) is 2.60. The number of thioether (sulfide) groups is 1. The lowest BCUT2D eigenvalue weighted by Crippen LogP contribution is -2.40. The number of amidine groups is 1. The van der Waals surface area contributed by atoms with Gasteiger partial charge in [-0.1, -0.05) is 11.8 Å². The molecule has 0 aliphatic carbocycles. The van der Waals surface area contributed by atoms with Gasteiger partial charge in [0.1, 0.15) is 0 Å². The van der Waals surface area contributed by atoms with Crippen molar-refractivity contribution in [2.75, 3.05) is 13.2 Å². The van der Waals surface area contributed by atoms with Crippen molar-refractivity contribution >= 4 is 16.9 Å². The van der Waals surface area contributed by atoms with E-state index in [1.54, 1.807) is 0 Å². The van der Waals surface area contributed by atoms with E-state index in [2.05, 4.69) is 4.99 Å². The van der Waals surface area contributed by atoms with Gasteiger partial charge < -0.3 is 21.1 Å². The van der Waals surface area contributed by atoms with Gasteiger partial charge in [-0.25, -0.2) is 0 Å². The Balaban J connectivity index is 2.55. The molecule has 0 saturated heterocycles. The van der Waals surface area contributed by atoms with E-state index in [1.807, 2.05) is 0 Å². The Bertz CT molecular complexity index is 223. The van der Waals surface area contributed by atoms with Gasteiger partial charge >= 0.3 is 0 Å². The maximum Gasteiger partial charge on any atom is 0.154 e. The van der Waals surface area contributed by atoms with Crippen LogP contribution < -0.4 is 5.73 Å². The van der Waals surface area contributed by atoms with E-state index in [0.717, 1.165) is 0 Å². The maximum absolute atomic E-state index is 9.62. The lowest BCUT2D eigenvalue weighted by atomic mass is 9.95. The first kappa shape index (κ1) is 11.8. The first-order valence-corrected chi connectivity index (χ1v) is 5.37. The summed E-state index contributed by atoms with van der Waals surface area (Å²) in [5.41, 5.74) is 5.48. The molecule has 1 aliphatic rings. The second kappa shape index (κ2) is 4.97. The van der Waals surface area contributed by atoms with Crippen molar-refractivity contribution in [1.82, 2.24) is 0 Å². The molecule has 5 nitrogen and oxygen atoms in total. The van der Waals surface area contributed by atoms with E-state index in [4.69, 9.17) is 10.8 Å². The number of hydrogen-bond donors (Lipinski definition) is 4. The van der Waals surface area contributed by atoms with Gasteiger partial charge in [0.15, 0.2) is 5.17 Å². The predicted octanol–water partition coefficient (Wildman–Crippen LogP) is -1.23. The quantitative estimate of drug-likeness (QED) is 0.475. The third-order valence-electron chi connectivity index (χ3n) is 2.32. The molecule has 4 atom stereocenters. The SMILES string of the molecule is C[C@@H](O)[C@H](O)[C@@H](CO)C1CN=C(N)S1. The highest BCUT2D eigenvalue weighted by molar-refractivity contribution is 8.14. The Morgan fingerprint density at radius 1 is 1.64 bits per heavy atom. The summed E-state index contributed by atoms with van der Waals surface area (Å²) in [6.07, 6.45) is -1.78. The van der Waals surface area contributed by atoms with Crippen molar-refractivity contribution in [2.24, 2.45) is 16.6 Å². The Morgan fingerprint density at radius 3 is 2.64 bits per heavy atom. The summed E-state index contributed by atoms with van der Waals surface area (Å²) in [6.45, 7) is 1.81. The van der Waals surface area contributed by atoms with Gasteiger partial charge in [0.05, 0.1) is 18.8 Å². The fraction of sp³-hybridized carbons (Fsp3) is 0.875. The van der Waals surface area contributed by atoms with Crippen molar-refractivity contribution in [3.8, 4) is 0 Å². The average Bonchev–Trinajstić information content (AvgIpc) is 2.53. The maximum atomic E-state index is 9.62. The third-order valence-corrected chi connectivity index (χ3v) is 3.49. The van der Waals surface area contributed by atoms with Crippen LogP contribution in [0.4, 0.5) is 0 Å². The highest BCUT2D eigenvalue weighted by Crippen LogP contribution is 2.28. The molecule has 82 valence electrons. The summed E-state index contributed by atoms with van der Waals surface area (Å²) in [4.78, 5) is 3.98. The lowest BCUT2D eigenvalue weighted by molar-refractivity contribution is -0.0229. The van der Waals surface area contributed by atoms with E-state index >= 15 is 0 Å². The van der Waals surface area contributed by atoms with Crippen LogP contribution in [0, 0.1) is 5.92 Å². The Hall–Kier alpha value is -0.300. The van der Waals surface area contributed by atoms with Crippen LogP contribution in [0.15, 0.2) is 4.99 Å². The fourth-order valence-corrected chi connectivity index (χ4v) is 2.47. The predicted molar refractivity (Wildman–Crippen MR) is 56.1 cm³/mol. The highest BCUT2D eigenvalue weighted by Gasteiger charge is 2.33. The van der Waals surface area contributed by atoms with Crippen LogP contribution in [0.3, 0.4) is 0 Å². The molecule has 14 heavy (non-hydrogen) atoms. The number of hydrogen-bond acceptors (Lipinski definition) is 6. The topological polar surface area (TPSA) is 99.1 Å². The van der Waals surface area contributed by atoms with Crippen LogP contribution in [0.5, 0.6) is 0 Å². The Labute approximate surface area is 87.0 Å². The zero-order valence-corrected chi connectivity index (χ0v) is 8.81. The van der Waals surface area contributed by atoms with E-state index in [-0.39, 0.29) is 17.8 Å². The number of aliphatic hydroxyl groups is 3. The van der Waals surface area contributed by atoms with Crippen LogP contribution >= 0.6 is 11.8 Å². The standard InChI is InChI=1S/C8H16N2O3S/c1-4(12)7(13)5(3-11)6-2-10-8(9)14-6/h4-7,11-13H,2-3H2,1H3,(H2,9,10)/t4-,5+,6?,7+/m1/s1. The molecular weight excluding hydrogens is 204 g/mol. The van der Waals surface area contributed by atoms with Crippen LogP contribution in [0.25, 0.3) is 0 Å². The average molecular weight is 220 g/mol. The molecule has 0 saturated carbocycles. The van der Waals surface area contributed by atoms with Gasteiger partial charge in [-0.2, -0.15) is 0 Å². The van der Waals surface area contributed by atoms with Crippen LogP contribution in [-0.4, -0.2) is 51.1 Å². The van der Waals surface area contributed by atoms with Gasteiger partial charge in [-0.05, 0) is 6.92 Å². The first-order valence-electron chi connectivity index (χ1n) is 4.49. The van der Waals surface area contributed by atoms with Gasteiger partial charge in [0.2, 0.25) is 0 Å². The van der Waals surface area contributed by atoms with Crippen molar-refractivity contribution < 1.29 is 15.3 Å². The highest BCUT2D eigenvalue weighted by atomic mass is 32.2. The molecule has 6 heteroatoms. The molecular formula is C8H16N2O3S. The van der Waals surface area contributed by atoms with E-state index in [0.29, 0.717) is 11.7 Å². The number of rotatable bonds is 4. The van der Waals surface area contributed by atoms with Gasteiger partial charge in [-0.15, -0.1) is 0 Å². The minimum Gasteiger partial charge on any atom is -0.396 e. The molecule has 0 bridgehead atoms. The summed E-state index contributed by atoms with van der Waals surface area (Å²) in [7, 11) is 0. The molecule has 5 N–H and O–H groups in total. The molecule has 1 heterocycles. The summed E-state index contributed by atoms with van der Waals surface area (Å²) >= 11 is 1.34. The number of aliphatic imine (C=N–C) groups is 1. The molecule has 0 radical (unpaired) electrons. The van der Waals surface area contributed by atoms with Gasteiger partial charge in [0.25, 0.3) is 0 Å². The molecule has 1 aliphatic heterocycles. The molecule has 0 spiro atoms. The molecule has 0 aromatic rings. The summed E-state index contributed by atoms with van der Waals surface area (Å²) in [6, 6.07) is 0. The fourth-order valence-electron chi connectivity index (χ4n) is 1.44. The normalized spacial score (nSPS) is 28.3. The molecule has 0 aromatic heterocycles. The second-order valence-corrected chi connectivity index (χ2v) is 4.67. The van der Waals surface area contributed by atoms with Crippen LogP contribution in [0.1, 0.15) is 6.92 Å². The van der Waals surface area contributed by atoms with Crippen LogP contribution in [-0.2, 0) is 0 Å². The lowest BCUT2D eigenvalue weighted by Gasteiger charge is -2.27. The monoisotopic (exact) mass is 220 g/mol. The minimum atomic E-state index is -0.932. The van der Waals surface area contributed by atoms with Crippen LogP contribution in [0.2, 0.25) is 0 Å². The second-order valence-electron chi connectivity index (χ2n) is 3.41. The Morgan fingerprint density at radius 2 is 2.29 bits per heavy atom. The number of nitrogens with two attached hydrogens (primary N) is 1. The van der Waals surface area contributed by atoms with E-state index in [1.165, 1.54) is 18.7 Å². The molecule has 1 rings (SSSR count). The van der Waals surface area contributed by atoms with Crippen molar-refractivity contribution in [3.05, 3.63) is 0 Å².